The molecule has 3 aromatic heterocycles. The molecule has 25 heavy (non-hydrogen) atoms. The number of fused-ring (bicyclic) bond motifs is 2. The average molecular weight is 334 g/mol. The highest BCUT2D eigenvalue weighted by atomic mass is 16.2. The highest BCUT2D eigenvalue weighted by Gasteiger charge is 2.11. The molecule has 1 aromatic carbocycles. The summed E-state index contributed by atoms with van der Waals surface area (Å²) in [5.74, 6) is 0.150. The van der Waals surface area contributed by atoms with Crippen molar-refractivity contribution in [3.05, 3.63) is 64.1 Å². The maximum Gasteiger partial charge on any atom is 0.277 e. The molecule has 0 unspecified atom stereocenters. The third-order valence-electron chi connectivity index (χ3n) is 3.84. The van der Waals surface area contributed by atoms with Crippen LogP contribution in [-0.2, 0) is 6.54 Å². The van der Waals surface area contributed by atoms with Gasteiger partial charge in [0.25, 0.3) is 11.5 Å². The summed E-state index contributed by atoms with van der Waals surface area (Å²) in [4.78, 5) is 42.4. The molecule has 0 fully saturated rings. The Hall–Kier alpha value is -3.55. The van der Waals surface area contributed by atoms with E-state index in [0.717, 1.165) is 16.6 Å². The molecule has 0 bridgehead atoms. The summed E-state index contributed by atoms with van der Waals surface area (Å²) in [5.41, 5.74) is 3.13. The summed E-state index contributed by atoms with van der Waals surface area (Å²) in [5, 5.41) is 2.80. The third kappa shape index (κ3) is 2.85. The molecule has 124 valence electrons. The van der Waals surface area contributed by atoms with Gasteiger partial charge >= 0.3 is 0 Å². The molecule has 0 aliphatic heterocycles. The van der Waals surface area contributed by atoms with Crippen LogP contribution in [0.3, 0.4) is 0 Å². The van der Waals surface area contributed by atoms with Crippen molar-refractivity contribution in [3.8, 4) is 0 Å². The summed E-state index contributed by atoms with van der Waals surface area (Å²) < 4.78 is 0. The zero-order chi connectivity index (χ0) is 17.4. The zero-order valence-electron chi connectivity index (χ0n) is 13.3. The second-order valence-corrected chi connectivity index (χ2v) is 5.65. The summed E-state index contributed by atoms with van der Waals surface area (Å²) >= 11 is 0. The van der Waals surface area contributed by atoms with Crippen molar-refractivity contribution in [2.75, 3.05) is 0 Å². The predicted molar refractivity (Wildman–Crippen MR) is 92.2 cm³/mol. The molecule has 4 rings (SSSR count). The topological polar surface area (TPSA) is 116 Å². The van der Waals surface area contributed by atoms with Gasteiger partial charge < -0.3 is 15.3 Å². The molecule has 4 aromatic rings. The van der Waals surface area contributed by atoms with Gasteiger partial charge in [-0.25, -0.2) is 15.0 Å². The maximum atomic E-state index is 12.3. The molecule has 8 heteroatoms. The van der Waals surface area contributed by atoms with Crippen molar-refractivity contribution < 1.29 is 4.79 Å². The van der Waals surface area contributed by atoms with Crippen LogP contribution < -0.4 is 10.9 Å². The van der Waals surface area contributed by atoms with Crippen LogP contribution >= 0.6 is 0 Å². The van der Waals surface area contributed by atoms with Gasteiger partial charge in [-0.05, 0) is 36.8 Å². The normalized spacial score (nSPS) is 11.1. The average Bonchev–Trinajstić information content (AvgIpc) is 3.07. The molecule has 3 N–H and O–H groups in total. The van der Waals surface area contributed by atoms with E-state index in [0.29, 0.717) is 17.9 Å². The number of hydrogen-bond donors (Lipinski definition) is 3. The SMILES string of the molecule is Cc1nc2ccc(C(=O)NCc3ccc4nc[nH]c4c3)nc2c(=O)[nH]1. The van der Waals surface area contributed by atoms with Gasteiger partial charge in [-0.2, -0.15) is 0 Å². The molecule has 8 nitrogen and oxygen atoms in total. The Morgan fingerprint density at radius 2 is 2.00 bits per heavy atom. The highest BCUT2D eigenvalue weighted by molar-refractivity contribution is 5.94. The molecule has 3 heterocycles. The number of aromatic nitrogens is 5. The first-order valence-electron chi connectivity index (χ1n) is 7.68. The Balaban J connectivity index is 1.56. The van der Waals surface area contributed by atoms with E-state index in [4.69, 9.17) is 0 Å². The fourth-order valence-corrected chi connectivity index (χ4v) is 2.63. The van der Waals surface area contributed by atoms with Crippen LogP contribution in [0, 0.1) is 6.92 Å². The number of carbonyl (C=O) groups excluding carboxylic acids is 1. The standard InChI is InChI=1S/C17H14N6O2/c1-9-21-12-4-5-13(23-15(12)17(25)22-9)16(24)18-7-10-2-3-11-14(6-10)20-8-19-11/h2-6,8H,7H2,1H3,(H,18,24)(H,19,20)(H,21,22,25). The number of rotatable bonds is 3. The second kappa shape index (κ2) is 5.82. The van der Waals surface area contributed by atoms with E-state index in [9.17, 15) is 9.59 Å². The van der Waals surface area contributed by atoms with Crippen LogP contribution in [0.15, 0.2) is 41.5 Å². The lowest BCUT2D eigenvalue weighted by Crippen LogP contribution is -2.24. The van der Waals surface area contributed by atoms with Crippen molar-refractivity contribution in [3.63, 3.8) is 0 Å². The van der Waals surface area contributed by atoms with Crippen LogP contribution in [0.4, 0.5) is 0 Å². The van der Waals surface area contributed by atoms with Crippen molar-refractivity contribution in [2.45, 2.75) is 13.5 Å². The van der Waals surface area contributed by atoms with E-state index in [-0.39, 0.29) is 22.7 Å². The maximum absolute atomic E-state index is 12.3. The Kier molecular flexibility index (Phi) is 3.50. The Morgan fingerprint density at radius 3 is 2.88 bits per heavy atom. The van der Waals surface area contributed by atoms with Gasteiger partial charge in [-0.1, -0.05) is 6.07 Å². The Morgan fingerprint density at radius 1 is 1.16 bits per heavy atom. The molecular formula is C17H14N6O2. The minimum Gasteiger partial charge on any atom is -0.347 e. The number of pyridine rings is 1. The molecular weight excluding hydrogens is 320 g/mol. The van der Waals surface area contributed by atoms with Gasteiger partial charge in [0.15, 0.2) is 5.52 Å². The van der Waals surface area contributed by atoms with Crippen LogP contribution in [0.1, 0.15) is 21.9 Å². The number of imidazole rings is 1. The fourth-order valence-electron chi connectivity index (χ4n) is 2.63. The minimum atomic E-state index is -0.359. The molecule has 0 aliphatic carbocycles. The van der Waals surface area contributed by atoms with Gasteiger partial charge in [-0.15, -0.1) is 0 Å². The van der Waals surface area contributed by atoms with Gasteiger partial charge in [0.1, 0.15) is 11.5 Å². The van der Waals surface area contributed by atoms with Crippen molar-refractivity contribution in [2.24, 2.45) is 0 Å². The van der Waals surface area contributed by atoms with Gasteiger partial charge in [-0.3, -0.25) is 9.59 Å². The van der Waals surface area contributed by atoms with E-state index >= 15 is 0 Å². The number of H-pyrrole nitrogens is 2. The lowest BCUT2D eigenvalue weighted by molar-refractivity contribution is 0.0946. The van der Waals surface area contributed by atoms with E-state index in [1.165, 1.54) is 0 Å². The van der Waals surface area contributed by atoms with Crippen LogP contribution in [0.5, 0.6) is 0 Å². The van der Waals surface area contributed by atoms with Crippen LogP contribution in [-0.4, -0.2) is 30.8 Å². The van der Waals surface area contributed by atoms with E-state index < -0.39 is 0 Å². The quantitative estimate of drug-likeness (QED) is 0.524. The first kappa shape index (κ1) is 15.0. The van der Waals surface area contributed by atoms with E-state index in [1.54, 1.807) is 25.4 Å². The number of amides is 1. The van der Waals surface area contributed by atoms with Crippen LogP contribution in [0.25, 0.3) is 22.1 Å². The first-order valence-corrected chi connectivity index (χ1v) is 7.68. The summed E-state index contributed by atoms with van der Waals surface area (Å²) in [6.45, 7) is 2.04. The van der Waals surface area contributed by atoms with Gasteiger partial charge in [0.2, 0.25) is 0 Å². The van der Waals surface area contributed by atoms with Crippen molar-refractivity contribution >= 4 is 28.0 Å². The summed E-state index contributed by atoms with van der Waals surface area (Å²) in [6.07, 6.45) is 1.62. The largest absolute Gasteiger partial charge is 0.347 e. The Labute approximate surface area is 141 Å². The minimum absolute atomic E-state index is 0.150. The first-order chi connectivity index (χ1) is 12.1. The number of aryl methyl sites for hydroxylation is 1. The molecule has 0 aliphatic rings. The Bertz CT molecular complexity index is 1160. The van der Waals surface area contributed by atoms with Crippen molar-refractivity contribution in [1.82, 2.24) is 30.2 Å². The predicted octanol–water partition coefficient (Wildman–Crippen LogP) is 1.43. The molecule has 0 saturated heterocycles. The van der Waals surface area contributed by atoms with Gasteiger partial charge in [0.05, 0.1) is 22.9 Å². The smallest absolute Gasteiger partial charge is 0.277 e. The molecule has 0 atom stereocenters. The monoisotopic (exact) mass is 334 g/mol. The number of nitrogens with one attached hydrogen (secondary N) is 3. The van der Waals surface area contributed by atoms with Crippen molar-refractivity contribution in [1.29, 1.82) is 0 Å². The van der Waals surface area contributed by atoms with Gasteiger partial charge in [0, 0.05) is 6.54 Å². The number of benzene rings is 1. The molecule has 1 amide bonds. The van der Waals surface area contributed by atoms with E-state index in [1.807, 2.05) is 18.2 Å². The van der Waals surface area contributed by atoms with Crippen LogP contribution in [0.2, 0.25) is 0 Å². The number of hydrogen-bond acceptors (Lipinski definition) is 5. The lowest BCUT2D eigenvalue weighted by Gasteiger charge is -2.06. The lowest BCUT2D eigenvalue weighted by atomic mass is 10.2. The summed E-state index contributed by atoms with van der Waals surface area (Å²) in [7, 11) is 0. The van der Waals surface area contributed by atoms with E-state index in [2.05, 4.69) is 30.2 Å². The molecule has 0 saturated carbocycles. The number of aromatic amines is 2. The molecule has 0 radical (unpaired) electrons. The number of nitrogens with zero attached hydrogens (tertiary/aromatic N) is 3. The summed E-state index contributed by atoms with van der Waals surface area (Å²) in [6, 6.07) is 8.88. The fraction of sp³-hybridized carbons (Fsp3) is 0.118. The zero-order valence-corrected chi connectivity index (χ0v) is 13.3. The third-order valence-corrected chi connectivity index (χ3v) is 3.84. The second-order valence-electron chi connectivity index (χ2n) is 5.65. The highest BCUT2D eigenvalue weighted by Crippen LogP contribution is 2.12. The molecule has 0 spiro atoms. The number of carbonyl (C=O) groups is 1.